The third-order valence-electron chi connectivity index (χ3n) is 4.57. The molecule has 0 bridgehead atoms. The van der Waals surface area contributed by atoms with Gasteiger partial charge in [-0.3, -0.25) is 0 Å². The highest BCUT2D eigenvalue weighted by atomic mass is 32.1. The van der Waals surface area contributed by atoms with Gasteiger partial charge in [-0.2, -0.15) is 5.26 Å². The maximum absolute atomic E-state index is 8.97. The van der Waals surface area contributed by atoms with E-state index in [2.05, 4.69) is 38.5 Å². The second-order valence-electron chi connectivity index (χ2n) is 7.04. The van der Waals surface area contributed by atoms with Crippen LogP contribution < -0.4 is 20.3 Å². The fourth-order valence-electron chi connectivity index (χ4n) is 3.13. The number of hydrogen-bond donors (Lipinski definition) is 2. The largest absolute Gasteiger partial charge is 0.489 e. The molecule has 164 valence electrons. The van der Waals surface area contributed by atoms with Crippen LogP contribution in [0.15, 0.2) is 67.1 Å². The van der Waals surface area contributed by atoms with E-state index in [1.54, 1.807) is 6.20 Å². The Kier molecular flexibility index (Phi) is 8.78. The van der Waals surface area contributed by atoms with Crippen LogP contribution in [0.4, 0.5) is 17.2 Å². The molecule has 0 unspecified atom stereocenters. The summed E-state index contributed by atoms with van der Waals surface area (Å²) in [6.07, 6.45) is 4.54. The van der Waals surface area contributed by atoms with Crippen molar-refractivity contribution in [3.63, 3.8) is 0 Å². The molecule has 0 radical (unpaired) electrons. The molecule has 3 rings (SSSR count). The summed E-state index contributed by atoms with van der Waals surface area (Å²) < 4.78 is 5.89. The number of ether oxygens (including phenoxy) is 1. The number of aromatic nitrogens is 2. The van der Waals surface area contributed by atoms with Gasteiger partial charge in [0.05, 0.1) is 18.7 Å². The maximum Gasteiger partial charge on any atom is 0.175 e. The summed E-state index contributed by atoms with van der Waals surface area (Å²) in [5.41, 5.74) is 2.60. The first kappa shape index (κ1) is 23.0. The number of thiocarbonyl (C=S) groups is 1. The Morgan fingerprint density at radius 1 is 1.12 bits per heavy atom. The third-order valence-corrected chi connectivity index (χ3v) is 4.77. The molecular formula is C24H26N6OS. The predicted octanol–water partition coefficient (Wildman–Crippen LogP) is 4.99. The summed E-state index contributed by atoms with van der Waals surface area (Å²) in [7, 11) is 0. The molecule has 0 aliphatic rings. The second kappa shape index (κ2) is 12.2. The average molecular weight is 447 g/mol. The van der Waals surface area contributed by atoms with Gasteiger partial charge < -0.3 is 20.3 Å². The standard InChI is InChI=1S/C24H26N6OS/c1-2-13-30(14-7-12-25)23-22(16-26-18-27-23)29-24(32)28-20-10-6-11-21(15-20)31-17-19-8-4-3-5-9-19/h3-6,8-11,15-16,18H,2,7,13-14,17H2,1H3,(H2,28,29,32). The third kappa shape index (κ3) is 6.93. The lowest BCUT2D eigenvalue weighted by Crippen LogP contribution is -2.28. The first-order chi connectivity index (χ1) is 15.7. The quantitative estimate of drug-likeness (QED) is 0.421. The minimum absolute atomic E-state index is 0.415. The molecule has 3 aromatic rings. The highest BCUT2D eigenvalue weighted by Gasteiger charge is 2.13. The predicted molar refractivity (Wildman–Crippen MR) is 132 cm³/mol. The van der Waals surface area contributed by atoms with Crippen molar-refractivity contribution >= 4 is 34.5 Å². The topological polar surface area (TPSA) is 86.1 Å². The molecule has 1 aromatic heterocycles. The summed E-state index contributed by atoms with van der Waals surface area (Å²) in [6, 6.07) is 19.8. The van der Waals surface area contributed by atoms with Gasteiger partial charge in [0.25, 0.3) is 0 Å². The molecule has 32 heavy (non-hydrogen) atoms. The first-order valence-corrected chi connectivity index (χ1v) is 10.9. The number of nitrogens with one attached hydrogen (secondary N) is 2. The Bertz CT molecular complexity index is 1050. The van der Waals surface area contributed by atoms with E-state index in [1.807, 2.05) is 54.6 Å². The van der Waals surface area contributed by atoms with Gasteiger partial charge >= 0.3 is 0 Å². The summed E-state index contributed by atoms with van der Waals surface area (Å²) in [6.45, 7) is 3.96. The zero-order valence-electron chi connectivity index (χ0n) is 18.0. The molecule has 0 atom stereocenters. The number of rotatable bonds is 10. The summed E-state index contributed by atoms with van der Waals surface area (Å²) in [5, 5.41) is 15.7. The fourth-order valence-corrected chi connectivity index (χ4v) is 3.36. The van der Waals surface area contributed by atoms with Crippen molar-refractivity contribution in [1.82, 2.24) is 9.97 Å². The zero-order valence-corrected chi connectivity index (χ0v) is 18.8. The van der Waals surface area contributed by atoms with Gasteiger partial charge in [-0.15, -0.1) is 0 Å². The monoisotopic (exact) mass is 446 g/mol. The van der Waals surface area contributed by atoms with Crippen LogP contribution >= 0.6 is 12.2 Å². The summed E-state index contributed by atoms with van der Waals surface area (Å²) in [5.74, 6) is 1.47. The molecular weight excluding hydrogens is 420 g/mol. The van der Waals surface area contributed by atoms with E-state index < -0.39 is 0 Å². The minimum atomic E-state index is 0.415. The van der Waals surface area contributed by atoms with Gasteiger partial charge in [0.15, 0.2) is 10.9 Å². The first-order valence-electron chi connectivity index (χ1n) is 10.5. The number of nitrogens with zero attached hydrogens (tertiary/aromatic N) is 4. The number of hydrogen-bond acceptors (Lipinski definition) is 6. The molecule has 0 fully saturated rings. The Morgan fingerprint density at radius 3 is 2.75 bits per heavy atom. The van der Waals surface area contributed by atoms with E-state index in [0.717, 1.165) is 35.8 Å². The van der Waals surface area contributed by atoms with Crippen LogP contribution in [0.1, 0.15) is 25.3 Å². The fraction of sp³-hybridized carbons (Fsp3) is 0.250. The lowest BCUT2D eigenvalue weighted by molar-refractivity contribution is 0.306. The van der Waals surface area contributed by atoms with Crippen LogP contribution in [0.3, 0.4) is 0 Å². The molecule has 0 aliphatic carbocycles. The van der Waals surface area contributed by atoms with Crippen molar-refractivity contribution in [3.8, 4) is 11.8 Å². The van der Waals surface area contributed by atoms with Crippen molar-refractivity contribution < 1.29 is 4.74 Å². The van der Waals surface area contributed by atoms with Crippen LogP contribution in [-0.2, 0) is 6.61 Å². The SMILES string of the molecule is CCCN(CCC#N)c1ncncc1NC(=S)Nc1cccc(OCc2ccccc2)c1. The summed E-state index contributed by atoms with van der Waals surface area (Å²) in [4.78, 5) is 10.6. The Labute approximate surface area is 194 Å². The smallest absolute Gasteiger partial charge is 0.175 e. The van der Waals surface area contributed by atoms with E-state index in [4.69, 9.17) is 22.2 Å². The molecule has 7 nitrogen and oxygen atoms in total. The van der Waals surface area contributed by atoms with Crippen molar-refractivity contribution in [3.05, 3.63) is 72.7 Å². The maximum atomic E-state index is 8.97. The minimum Gasteiger partial charge on any atom is -0.489 e. The van der Waals surface area contributed by atoms with Gasteiger partial charge in [0.1, 0.15) is 24.4 Å². The molecule has 0 spiro atoms. The van der Waals surface area contributed by atoms with E-state index in [-0.39, 0.29) is 0 Å². The van der Waals surface area contributed by atoms with Gasteiger partial charge in [-0.05, 0) is 36.3 Å². The molecule has 0 amide bonds. The van der Waals surface area contributed by atoms with Gasteiger partial charge in [-0.1, -0.05) is 43.3 Å². The van der Waals surface area contributed by atoms with Crippen molar-refractivity contribution in [2.45, 2.75) is 26.4 Å². The molecule has 2 aromatic carbocycles. The lowest BCUT2D eigenvalue weighted by atomic mass is 10.2. The Balaban J connectivity index is 1.64. The zero-order chi connectivity index (χ0) is 22.6. The van der Waals surface area contributed by atoms with Gasteiger partial charge in [0.2, 0.25) is 0 Å². The molecule has 2 N–H and O–H groups in total. The van der Waals surface area contributed by atoms with Crippen LogP contribution in [0, 0.1) is 11.3 Å². The Hall–Kier alpha value is -3.70. The van der Waals surface area contributed by atoms with E-state index in [1.165, 1.54) is 6.33 Å². The van der Waals surface area contributed by atoms with Crippen LogP contribution in [0.2, 0.25) is 0 Å². The summed E-state index contributed by atoms with van der Waals surface area (Å²) >= 11 is 5.51. The molecule has 1 heterocycles. The number of nitriles is 1. The average Bonchev–Trinajstić information content (AvgIpc) is 2.82. The normalized spacial score (nSPS) is 10.1. The van der Waals surface area contributed by atoms with Gasteiger partial charge in [-0.25, -0.2) is 9.97 Å². The number of benzene rings is 2. The molecule has 8 heteroatoms. The van der Waals surface area contributed by atoms with Crippen LogP contribution in [0.25, 0.3) is 0 Å². The van der Waals surface area contributed by atoms with Crippen LogP contribution in [0.5, 0.6) is 5.75 Å². The lowest BCUT2D eigenvalue weighted by Gasteiger charge is -2.24. The van der Waals surface area contributed by atoms with E-state index in [0.29, 0.717) is 30.4 Å². The highest BCUT2D eigenvalue weighted by Crippen LogP contribution is 2.23. The van der Waals surface area contributed by atoms with E-state index >= 15 is 0 Å². The highest BCUT2D eigenvalue weighted by molar-refractivity contribution is 7.80. The van der Waals surface area contributed by atoms with Crippen LogP contribution in [-0.4, -0.2) is 28.2 Å². The molecule has 0 saturated carbocycles. The number of anilines is 3. The van der Waals surface area contributed by atoms with Gasteiger partial charge in [0, 0.05) is 24.8 Å². The van der Waals surface area contributed by atoms with Crippen molar-refractivity contribution in [1.29, 1.82) is 5.26 Å². The van der Waals surface area contributed by atoms with E-state index in [9.17, 15) is 0 Å². The molecule has 0 saturated heterocycles. The molecule has 0 aliphatic heterocycles. The van der Waals surface area contributed by atoms with Crippen molar-refractivity contribution in [2.24, 2.45) is 0 Å². The Morgan fingerprint density at radius 2 is 1.97 bits per heavy atom. The second-order valence-corrected chi connectivity index (χ2v) is 7.44. The van der Waals surface area contributed by atoms with Crippen molar-refractivity contribution in [2.75, 3.05) is 28.6 Å².